The van der Waals surface area contributed by atoms with Gasteiger partial charge in [-0.2, -0.15) is 12.6 Å². The van der Waals surface area contributed by atoms with E-state index in [0.717, 1.165) is 30.4 Å². The monoisotopic (exact) mass is 481 g/mol. The highest BCUT2D eigenvalue weighted by Gasteiger charge is 2.40. The normalized spacial score (nSPS) is 23.6. The number of hydrazine groups is 1. The fourth-order valence-electron chi connectivity index (χ4n) is 4.24. The lowest BCUT2D eigenvalue weighted by atomic mass is 9.93. The fraction of sp³-hybridized carbons (Fsp3) is 0.478. The van der Waals surface area contributed by atoms with Gasteiger partial charge in [0.05, 0.1) is 12.5 Å². The number of halogens is 2. The van der Waals surface area contributed by atoms with Gasteiger partial charge < -0.3 is 10.1 Å². The highest BCUT2D eigenvalue weighted by atomic mass is 35.5. The maximum Gasteiger partial charge on any atom is 0.305 e. The number of nitrogens with zero attached hydrogens (tertiary/aromatic N) is 2. The Balaban J connectivity index is 0.00000289. The summed E-state index contributed by atoms with van der Waals surface area (Å²) < 4.78 is 14.6. The molecule has 6 nitrogen and oxygen atoms in total. The van der Waals surface area contributed by atoms with E-state index in [4.69, 9.17) is 17.7 Å². The van der Waals surface area contributed by atoms with E-state index < -0.39 is 12.0 Å². The van der Waals surface area contributed by atoms with Gasteiger partial charge >= 0.3 is 5.97 Å². The summed E-state index contributed by atoms with van der Waals surface area (Å²) in [5.41, 5.74) is 5.75. The smallest absolute Gasteiger partial charge is 0.305 e. The molecule has 0 spiro atoms. The van der Waals surface area contributed by atoms with Crippen molar-refractivity contribution < 1.29 is 19.1 Å². The predicted molar refractivity (Wildman–Crippen MR) is 126 cm³/mol. The molecule has 2 heterocycles. The first-order chi connectivity index (χ1) is 14.9. The second kappa shape index (κ2) is 10.8. The maximum absolute atomic E-state index is 14.6. The van der Waals surface area contributed by atoms with Crippen LogP contribution in [0.25, 0.3) is 0 Å². The molecule has 0 radical (unpaired) electrons. The number of ketones is 1. The van der Waals surface area contributed by atoms with Crippen LogP contribution in [0.1, 0.15) is 37.3 Å². The van der Waals surface area contributed by atoms with Crippen LogP contribution in [-0.4, -0.2) is 58.2 Å². The van der Waals surface area contributed by atoms with Crippen molar-refractivity contribution in [2.75, 3.05) is 26.2 Å². The Morgan fingerprint density at radius 3 is 2.72 bits per heavy atom. The molecule has 0 bridgehead atoms. The molecule has 9 heteroatoms. The number of aliphatic carboxylic acids is 1. The van der Waals surface area contributed by atoms with Crippen LogP contribution in [0, 0.1) is 11.7 Å². The molecule has 2 unspecified atom stereocenters. The zero-order valence-electron chi connectivity index (χ0n) is 17.7. The average Bonchev–Trinajstić information content (AvgIpc) is 3.50. The summed E-state index contributed by atoms with van der Waals surface area (Å²) in [7, 11) is 0. The molecular formula is C23H29ClFN3O3S. The summed E-state index contributed by atoms with van der Waals surface area (Å²) in [5, 5.41) is 10.7. The van der Waals surface area contributed by atoms with Gasteiger partial charge in [0, 0.05) is 49.1 Å². The molecule has 1 aliphatic carbocycles. The highest BCUT2D eigenvalue weighted by Crippen LogP contribution is 2.39. The molecule has 0 amide bonds. The molecule has 0 aromatic heterocycles. The van der Waals surface area contributed by atoms with Gasteiger partial charge in [0.15, 0.2) is 5.78 Å². The van der Waals surface area contributed by atoms with E-state index >= 15 is 0 Å². The number of carbonyl (C=O) groups is 2. The number of likely N-dealkylation sites (tertiary alicyclic amines) is 1. The SMILES string of the molecule is Cl.O=C(O)CCN1C=C(/C=C2\CN(C(C(=O)C3CC3)c3ccccc3F)CCC2S)CN1. The molecular weight excluding hydrogens is 453 g/mol. The van der Waals surface area contributed by atoms with Crippen molar-refractivity contribution in [3.8, 4) is 0 Å². The van der Waals surface area contributed by atoms with Gasteiger partial charge in [0.25, 0.3) is 0 Å². The zero-order chi connectivity index (χ0) is 22.0. The topological polar surface area (TPSA) is 72.9 Å². The van der Waals surface area contributed by atoms with E-state index in [0.29, 0.717) is 31.7 Å². The number of carbonyl (C=O) groups excluding carboxylic acids is 1. The second-order valence-electron chi connectivity index (χ2n) is 8.47. The van der Waals surface area contributed by atoms with Crippen LogP contribution in [0.3, 0.4) is 0 Å². The Labute approximate surface area is 199 Å². The summed E-state index contributed by atoms with van der Waals surface area (Å²) in [5.74, 6) is -1.02. The largest absolute Gasteiger partial charge is 0.481 e. The molecule has 1 aromatic rings. The van der Waals surface area contributed by atoms with Crippen LogP contribution in [0.5, 0.6) is 0 Å². The second-order valence-corrected chi connectivity index (χ2v) is 9.09. The van der Waals surface area contributed by atoms with Crippen LogP contribution in [-0.2, 0) is 9.59 Å². The Morgan fingerprint density at radius 2 is 2.03 bits per heavy atom. The van der Waals surface area contributed by atoms with Gasteiger partial charge in [-0.05, 0) is 36.5 Å². The number of benzene rings is 1. The Bertz CT molecular complexity index is 922. The van der Waals surface area contributed by atoms with Crippen LogP contribution >= 0.6 is 25.0 Å². The van der Waals surface area contributed by atoms with Crippen LogP contribution in [0.2, 0.25) is 0 Å². The molecule has 2 aliphatic heterocycles. The minimum absolute atomic E-state index is 0. The highest BCUT2D eigenvalue weighted by molar-refractivity contribution is 7.81. The minimum Gasteiger partial charge on any atom is -0.481 e. The number of thiol groups is 1. The van der Waals surface area contributed by atoms with E-state index in [1.165, 1.54) is 6.07 Å². The van der Waals surface area contributed by atoms with Gasteiger partial charge in [-0.15, -0.1) is 12.4 Å². The van der Waals surface area contributed by atoms with E-state index in [1.54, 1.807) is 23.2 Å². The van der Waals surface area contributed by atoms with Crippen molar-refractivity contribution in [3.63, 3.8) is 0 Å². The van der Waals surface area contributed by atoms with E-state index in [1.807, 2.05) is 6.20 Å². The van der Waals surface area contributed by atoms with Gasteiger partial charge in [0.1, 0.15) is 5.82 Å². The lowest BCUT2D eigenvalue weighted by molar-refractivity contribution is -0.137. The van der Waals surface area contributed by atoms with E-state index in [2.05, 4.69) is 16.4 Å². The maximum atomic E-state index is 14.6. The lowest BCUT2D eigenvalue weighted by Crippen LogP contribution is -2.42. The van der Waals surface area contributed by atoms with Gasteiger partial charge in [-0.1, -0.05) is 24.3 Å². The molecule has 2 N–H and O–H groups in total. The van der Waals surface area contributed by atoms with Gasteiger partial charge in [-0.3, -0.25) is 14.5 Å². The van der Waals surface area contributed by atoms with Crippen molar-refractivity contribution >= 4 is 36.8 Å². The Hall–Kier alpha value is -1.87. The van der Waals surface area contributed by atoms with Crippen LogP contribution < -0.4 is 5.43 Å². The third-order valence-corrected chi connectivity index (χ3v) is 6.65. The number of carboxylic acids is 1. The molecule has 3 aliphatic rings. The molecule has 2 atom stereocenters. The molecule has 174 valence electrons. The number of nitrogens with one attached hydrogen (secondary N) is 1. The van der Waals surface area contributed by atoms with Crippen molar-refractivity contribution in [3.05, 3.63) is 59.1 Å². The first-order valence-corrected chi connectivity index (χ1v) is 11.3. The Morgan fingerprint density at radius 1 is 1.28 bits per heavy atom. The number of hydrogen-bond acceptors (Lipinski definition) is 6. The summed E-state index contributed by atoms with van der Waals surface area (Å²) in [6.45, 7) is 2.24. The summed E-state index contributed by atoms with van der Waals surface area (Å²) >= 11 is 4.75. The summed E-state index contributed by atoms with van der Waals surface area (Å²) in [6.07, 6.45) is 6.61. The van der Waals surface area contributed by atoms with Crippen molar-refractivity contribution in [2.45, 2.75) is 37.0 Å². The Kier molecular flexibility index (Phi) is 8.38. The van der Waals surface area contributed by atoms with Crippen molar-refractivity contribution in [2.24, 2.45) is 5.92 Å². The lowest BCUT2D eigenvalue weighted by Gasteiger charge is -2.37. The van der Waals surface area contributed by atoms with Gasteiger partial charge in [0.2, 0.25) is 0 Å². The van der Waals surface area contributed by atoms with Crippen LogP contribution in [0.15, 0.2) is 47.7 Å². The average molecular weight is 482 g/mol. The van der Waals surface area contributed by atoms with E-state index in [9.17, 15) is 14.0 Å². The third kappa shape index (κ3) is 5.92. The predicted octanol–water partition coefficient (Wildman–Crippen LogP) is 3.38. The molecule has 1 saturated carbocycles. The molecule has 1 aromatic carbocycles. The first kappa shape index (κ1) is 24.8. The number of piperidine rings is 1. The quantitative estimate of drug-likeness (QED) is 0.494. The summed E-state index contributed by atoms with van der Waals surface area (Å²) in [4.78, 5) is 26.0. The first-order valence-electron chi connectivity index (χ1n) is 10.8. The number of carboxylic acid groups (broad SMARTS) is 1. The van der Waals surface area contributed by atoms with E-state index in [-0.39, 0.29) is 41.6 Å². The molecule has 4 rings (SSSR count). The minimum atomic E-state index is -0.833. The standard InChI is InChI=1S/C23H28FN3O3S.ClH/c24-19-4-2-1-3-18(19)22(23(30)16-5-6-16)26-9-7-20(31)17(14-26)11-15-12-25-27(13-15)10-8-21(28)29;/h1-4,11,13,16,20,22,25,31H,5-10,12,14H2,(H,28,29);1H/b17-11+;. The number of Topliss-reactive ketones (excluding diaryl/α,β-unsaturated/α-hetero) is 1. The molecule has 1 saturated heterocycles. The fourth-order valence-corrected chi connectivity index (χ4v) is 4.51. The number of hydrogen-bond donors (Lipinski definition) is 3. The third-order valence-electron chi connectivity index (χ3n) is 6.06. The van der Waals surface area contributed by atoms with Gasteiger partial charge in [-0.25, -0.2) is 9.82 Å². The number of rotatable bonds is 8. The van der Waals surface area contributed by atoms with Crippen molar-refractivity contribution in [1.29, 1.82) is 0 Å². The van der Waals surface area contributed by atoms with Crippen LogP contribution in [0.4, 0.5) is 4.39 Å². The zero-order valence-corrected chi connectivity index (χ0v) is 19.5. The van der Waals surface area contributed by atoms with Crippen molar-refractivity contribution in [1.82, 2.24) is 15.3 Å². The summed E-state index contributed by atoms with van der Waals surface area (Å²) in [6, 6.07) is 6.01. The molecule has 2 fully saturated rings. The molecule has 32 heavy (non-hydrogen) atoms.